The standard InChI is InChI=1S/C23H18ClF4N9O2/c1-34-22(29-12-31-34)14-8-30-35(9-14)16(6-7-38)17-4-2-13(10-37(17)39)20-18(5-3-15(24)21(20)25)36-11-19(32-33-36)23(26,27)28/h2-5,8-12,16,38H,6-7H2,1H3/t16-/m1/s1. The van der Waals surface area contributed by atoms with Crippen LogP contribution in [0, 0.1) is 11.0 Å². The van der Waals surface area contributed by atoms with Crippen LogP contribution in [-0.4, -0.2) is 51.3 Å². The van der Waals surface area contributed by atoms with Gasteiger partial charge in [-0.05, 0) is 18.2 Å². The molecule has 0 bridgehead atoms. The number of nitrogens with zero attached hydrogens (tertiary/aromatic N) is 9. The summed E-state index contributed by atoms with van der Waals surface area (Å²) in [6.07, 6.45) is 1.60. The van der Waals surface area contributed by atoms with Crippen LogP contribution < -0.4 is 4.73 Å². The minimum absolute atomic E-state index is 0.0239. The number of aliphatic hydroxyl groups is 1. The Morgan fingerprint density at radius 1 is 1.13 bits per heavy atom. The van der Waals surface area contributed by atoms with Crippen molar-refractivity contribution in [1.82, 2.24) is 39.5 Å². The van der Waals surface area contributed by atoms with Crippen molar-refractivity contribution in [1.29, 1.82) is 0 Å². The molecule has 0 radical (unpaired) electrons. The molecule has 1 atom stereocenters. The van der Waals surface area contributed by atoms with E-state index < -0.39 is 23.7 Å². The summed E-state index contributed by atoms with van der Waals surface area (Å²) in [6, 6.07) is 4.55. The van der Waals surface area contributed by atoms with Crippen LogP contribution in [0.3, 0.4) is 0 Å². The fourth-order valence-corrected chi connectivity index (χ4v) is 4.29. The fraction of sp³-hybridized carbons (Fsp3) is 0.217. The van der Waals surface area contributed by atoms with Gasteiger partial charge < -0.3 is 10.3 Å². The summed E-state index contributed by atoms with van der Waals surface area (Å²) in [6.45, 7) is -0.271. The number of aryl methyl sites for hydroxylation is 1. The number of pyridine rings is 1. The molecule has 39 heavy (non-hydrogen) atoms. The third kappa shape index (κ3) is 4.93. The van der Waals surface area contributed by atoms with E-state index in [1.54, 1.807) is 24.1 Å². The number of benzene rings is 1. The summed E-state index contributed by atoms with van der Waals surface area (Å²) in [5, 5.41) is 37.5. The van der Waals surface area contributed by atoms with E-state index in [-0.39, 0.29) is 40.6 Å². The van der Waals surface area contributed by atoms with E-state index in [1.807, 2.05) is 0 Å². The highest BCUT2D eigenvalue weighted by atomic mass is 35.5. The summed E-state index contributed by atoms with van der Waals surface area (Å²) in [7, 11) is 1.71. The van der Waals surface area contributed by atoms with Crippen molar-refractivity contribution in [2.75, 3.05) is 6.61 Å². The molecule has 0 unspecified atom stereocenters. The maximum atomic E-state index is 15.2. The van der Waals surface area contributed by atoms with E-state index in [0.29, 0.717) is 22.3 Å². The van der Waals surface area contributed by atoms with Gasteiger partial charge in [0.25, 0.3) is 0 Å². The molecular weight excluding hydrogens is 546 g/mol. The first-order valence-corrected chi connectivity index (χ1v) is 11.7. The highest BCUT2D eigenvalue weighted by Gasteiger charge is 2.35. The molecule has 0 fully saturated rings. The van der Waals surface area contributed by atoms with Crippen LogP contribution in [0.25, 0.3) is 28.2 Å². The number of aromatic nitrogens is 9. The molecule has 5 rings (SSSR count). The lowest BCUT2D eigenvalue weighted by Crippen LogP contribution is -2.35. The topological polar surface area (TPSA) is 126 Å². The maximum Gasteiger partial charge on any atom is 0.436 e. The van der Waals surface area contributed by atoms with Crippen LogP contribution >= 0.6 is 11.6 Å². The molecule has 202 valence electrons. The second-order valence-electron chi connectivity index (χ2n) is 8.41. The van der Waals surface area contributed by atoms with Crippen molar-refractivity contribution in [3.63, 3.8) is 0 Å². The predicted octanol–water partition coefficient (Wildman–Crippen LogP) is 3.34. The Balaban J connectivity index is 1.56. The molecule has 4 heterocycles. The van der Waals surface area contributed by atoms with E-state index >= 15 is 4.39 Å². The largest absolute Gasteiger partial charge is 0.618 e. The molecule has 16 heteroatoms. The molecular formula is C23H18ClF4N9O2. The summed E-state index contributed by atoms with van der Waals surface area (Å²) < 4.78 is 58.7. The van der Waals surface area contributed by atoms with Crippen molar-refractivity contribution >= 4 is 11.6 Å². The Morgan fingerprint density at radius 2 is 1.92 bits per heavy atom. The van der Waals surface area contributed by atoms with Gasteiger partial charge in [-0.15, -0.1) is 5.10 Å². The number of hydrogen-bond acceptors (Lipinski definition) is 7. The molecule has 1 aromatic carbocycles. The van der Waals surface area contributed by atoms with Crippen LogP contribution in [0.5, 0.6) is 0 Å². The van der Waals surface area contributed by atoms with E-state index in [0.717, 1.165) is 16.9 Å². The Bertz CT molecular complexity index is 1650. The van der Waals surface area contributed by atoms with Crippen molar-refractivity contribution in [3.05, 3.63) is 82.8 Å². The SMILES string of the molecule is Cn1ncnc1-c1cnn([C@H](CCO)c2ccc(-c3c(-n4cc(C(F)(F)F)nn4)ccc(Cl)c3F)c[n+]2[O-])c1. The molecule has 0 saturated heterocycles. The van der Waals surface area contributed by atoms with Crippen LogP contribution in [0.15, 0.2) is 55.4 Å². The van der Waals surface area contributed by atoms with Crippen molar-refractivity contribution in [3.8, 4) is 28.2 Å². The molecule has 0 amide bonds. The molecule has 0 saturated carbocycles. The quantitative estimate of drug-likeness (QED) is 0.183. The molecule has 0 spiro atoms. The van der Waals surface area contributed by atoms with Crippen molar-refractivity contribution in [2.24, 2.45) is 7.05 Å². The number of rotatable bonds is 7. The highest BCUT2D eigenvalue weighted by Crippen LogP contribution is 2.35. The zero-order valence-corrected chi connectivity index (χ0v) is 20.7. The molecule has 5 aromatic rings. The first kappa shape index (κ1) is 26.2. The van der Waals surface area contributed by atoms with Crippen LogP contribution in [0.1, 0.15) is 23.9 Å². The third-order valence-corrected chi connectivity index (χ3v) is 6.26. The van der Waals surface area contributed by atoms with Gasteiger partial charge in [-0.1, -0.05) is 16.8 Å². The summed E-state index contributed by atoms with van der Waals surface area (Å²) >= 11 is 5.96. The van der Waals surface area contributed by atoms with Gasteiger partial charge in [-0.3, -0.25) is 4.68 Å². The van der Waals surface area contributed by atoms with E-state index in [2.05, 4.69) is 25.5 Å². The normalized spacial score (nSPS) is 12.7. The van der Waals surface area contributed by atoms with Gasteiger partial charge in [-0.25, -0.2) is 18.7 Å². The summed E-state index contributed by atoms with van der Waals surface area (Å²) in [5.74, 6) is -0.418. The molecule has 1 N–H and O–H groups in total. The number of aliphatic hydroxyl groups excluding tert-OH is 1. The fourth-order valence-electron chi connectivity index (χ4n) is 4.14. The van der Waals surface area contributed by atoms with Gasteiger partial charge in [0.05, 0.1) is 39.8 Å². The van der Waals surface area contributed by atoms with Crippen LogP contribution in [-0.2, 0) is 13.2 Å². The molecule has 0 aliphatic rings. The van der Waals surface area contributed by atoms with Crippen LogP contribution in [0.4, 0.5) is 17.6 Å². The lowest BCUT2D eigenvalue weighted by atomic mass is 10.0. The predicted molar refractivity (Wildman–Crippen MR) is 128 cm³/mol. The van der Waals surface area contributed by atoms with Crippen molar-refractivity contribution < 1.29 is 27.4 Å². The van der Waals surface area contributed by atoms with E-state index in [4.69, 9.17) is 11.6 Å². The molecule has 11 nitrogen and oxygen atoms in total. The molecule has 0 aliphatic carbocycles. The summed E-state index contributed by atoms with van der Waals surface area (Å²) in [5.41, 5.74) is -0.812. The van der Waals surface area contributed by atoms with E-state index in [9.17, 15) is 23.5 Å². The van der Waals surface area contributed by atoms with Gasteiger partial charge in [0.15, 0.2) is 23.5 Å². The smallest absolute Gasteiger partial charge is 0.436 e. The second-order valence-corrected chi connectivity index (χ2v) is 8.82. The second kappa shape index (κ2) is 10.1. The van der Waals surface area contributed by atoms with Gasteiger partial charge in [-0.2, -0.15) is 28.1 Å². The average molecular weight is 564 g/mol. The number of hydrogen-bond donors (Lipinski definition) is 1. The monoisotopic (exact) mass is 563 g/mol. The van der Waals surface area contributed by atoms with Crippen LogP contribution in [0.2, 0.25) is 5.02 Å². The Kier molecular flexibility index (Phi) is 6.78. The number of alkyl halides is 3. The van der Waals surface area contributed by atoms with Gasteiger partial charge in [0.2, 0.25) is 5.69 Å². The molecule has 4 aromatic heterocycles. The molecule has 0 aliphatic heterocycles. The lowest BCUT2D eigenvalue weighted by Gasteiger charge is -2.17. The Morgan fingerprint density at radius 3 is 2.56 bits per heavy atom. The van der Waals surface area contributed by atoms with E-state index in [1.165, 1.54) is 29.2 Å². The van der Waals surface area contributed by atoms with Gasteiger partial charge in [0.1, 0.15) is 12.4 Å². The number of halogens is 5. The minimum Gasteiger partial charge on any atom is -0.618 e. The summed E-state index contributed by atoms with van der Waals surface area (Å²) in [4.78, 5) is 4.17. The Hall–Kier alpha value is -4.37. The van der Waals surface area contributed by atoms with Gasteiger partial charge >= 0.3 is 6.18 Å². The Labute approximate surface area is 222 Å². The highest BCUT2D eigenvalue weighted by molar-refractivity contribution is 6.31. The first-order valence-electron chi connectivity index (χ1n) is 11.3. The first-order chi connectivity index (χ1) is 18.6. The average Bonchev–Trinajstić information content (AvgIpc) is 3.65. The lowest BCUT2D eigenvalue weighted by molar-refractivity contribution is -0.615. The maximum absolute atomic E-state index is 15.2. The minimum atomic E-state index is -4.76. The zero-order chi connectivity index (χ0) is 27.9. The van der Waals surface area contributed by atoms with Gasteiger partial charge in [0, 0.05) is 32.3 Å². The van der Waals surface area contributed by atoms with Crippen molar-refractivity contribution in [2.45, 2.75) is 18.6 Å². The zero-order valence-electron chi connectivity index (χ0n) is 20.0. The third-order valence-electron chi connectivity index (χ3n) is 5.97.